The molecule has 0 aromatic carbocycles. The number of likely N-dealkylation sites (tertiary alicyclic amines) is 1. The van der Waals surface area contributed by atoms with E-state index in [1.807, 2.05) is 13.8 Å². The lowest BCUT2D eigenvalue weighted by atomic mass is 9.97. The molecule has 1 aliphatic rings. The first-order valence-electron chi connectivity index (χ1n) is 6.94. The van der Waals surface area contributed by atoms with Gasteiger partial charge in [0.1, 0.15) is 5.82 Å². The second-order valence-corrected chi connectivity index (χ2v) is 5.84. The van der Waals surface area contributed by atoms with Gasteiger partial charge in [-0.2, -0.15) is 10.2 Å². The van der Waals surface area contributed by atoms with Crippen LogP contribution >= 0.6 is 11.6 Å². The Labute approximate surface area is 122 Å². The van der Waals surface area contributed by atoms with Gasteiger partial charge in [-0.05, 0) is 33.2 Å². The van der Waals surface area contributed by atoms with E-state index in [1.54, 1.807) is 0 Å². The summed E-state index contributed by atoms with van der Waals surface area (Å²) >= 11 is 6.23. The summed E-state index contributed by atoms with van der Waals surface area (Å²) in [4.78, 5) is 6.83. The van der Waals surface area contributed by atoms with Crippen molar-refractivity contribution in [3.63, 3.8) is 0 Å². The lowest BCUT2D eigenvalue weighted by molar-refractivity contribution is 0.194. The maximum atomic E-state index is 6.23. The Morgan fingerprint density at radius 2 is 2.15 bits per heavy atom. The minimum absolute atomic E-state index is 0.396. The number of nitrogens with one attached hydrogen (secondary N) is 2. The van der Waals surface area contributed by atoms with Crippen LogP contribution in [0.15, 0.2) is 0 Å². The van der Waals surface area contributed by atoms with Crippen LogP contribution in [0.2, 0.25) is 5.02 Å². The topological polar surface area (TPSA) is 73.5 Å². The molecule has 0 spiro atoms. The monoisotopic (exact) mass is 294 g/mol. The van der Waals surface area contributed by atoms with Gasteiger partial charge < -0.3 is 0 Å². The average molecular weight is 295 g/mol. The summed E-state index contributed by atoms with van der Waals surface area (Å²) in [6.07, 6.45) is 2.29. The second-order valence-electron chi connectivity index (χ2n) is 5.46. The van der Waals surface area contributed by atoms with E-state index < -0.39 is 0 Å². The zero-order valence-electron chi connectivity index (χ0n) is 11.8. The Hall–Kier alpha value is -1.40. The van der Waals surface area contributed by atoms with E-state index in [9.17, 15) is 0 Å². The van der Waals surface area contributed by atoms with Crippen molar-refractivity contribution in [1.82, 2.24) is 30.3 Å². The Bertz CT molecular complexity index is 589. The molecule has 1 saturated heterocycles. The first-order chi connectivity index (χ1) is 9.63. The molecular weight excluding hydrogens is 276 g/mol. The smallest absolute Gasteiger partial charge is 0.155 e. The highest BCUT2D eigenvalue weighted by molar-refractivity contribution is 6.31. The van der Waals surface area contributed by atoms with Gasteiger partial charge in [0.25, 0.3) is 0 Å². The number of hydrogen-bond donors (Lipinski definition) is 2. The van der Waals surface area contributed by atoms with Crippen LogP contribution in [-0.2, 0) is 6.54 Å². The summed E-state index contributed by atoms with van der Waals surface area (Å²) in [5.41, 5.74) is 1.86. The molecule has 0 amide bonds. The van der Waals surface area contributed by atoms with Crippen molar-refractivity contribution >= 4 is 11.6 Å². The fourth-order valence-electron chi connectivity index (χ4n) is 2.73. The Morgan fingerprint density at radius 3 is 2.80 bits per heavy atom. The number of aromatic nitrogens is 5. The van der Waals surface area contributed by atoms with E-state index >= 15 is 0 Å². The van der Waals surface area contributed by atoms with E-state index in [0.717, 1.165) is 60.5 Å². The van der Waals surface area contributed by atoms with Gasteiger partial charge in [-0.25, -0.2) is 4.98 Å². The normalized spacial score (nSPS) is 20.4. The Kier molecular flexibility index (Phi) is 3.76. The average Bonchev–Trinajstić information content (AvgIpc) is 3.00. The summed E-state index contributed by atoms with van der Waals surface area (Å²) in [6, 6.07) is 0. The largest absolute Gasteiger partial charge is 0.297 e. The molecule has 2 N–H and O–H groups in total. The minimum Gasteiger partial charge on any atom is -0.297 e. The van der Waals surface area contributed by atoms with Crippen molar-refractivity contribution in [2.45, 2.75) is 39.2 Å². The van der Waals surface area contributed by atoms with Crippen LogP contribution in [-0.4, -0.2) is 43.4 Å². The predicted molar refractivity (Wildman–Crippen MR) is 76.7 cm³/mol. The third-order valence-electron chi connectivity index (χ3n) is 3.80. The molecule has 0 bridgehead atoms. The van der Waals surface area contributed by atoms with Gasteiger partial charge in [0.15, 0.2) is 5.82 Å². The fourth-order valence-corrected chi connectivity index (χ4v) is 2.88. The molecule has 1 fully saturated rings. The predicted octanol–water partition coefficient (Wildman–Crippen LogP) is 2.18. The molecule has 6 nitrogen and oxygen atoms in total. The SMILES string of the molecule is Cc1nc(C2CCCN(Cc3n[nH]c(C)c3Cl)C2)n[nH]1. The summed E-state index contributed by atoms with van der Waals surface area (Å²) in [5.74, 6) is 2.20. The zero-order chi connectivity index (χ0) is 14.1. The highest BCUT2D eigenvalue weighted by atomic mass is 35.5. The number of rotatable bonds is 3. The van der Waals surface area contributed by atoms with Crippen molar-refractivity contribution in [3.8, 4) is 0 Å². The number of nitrogens with zero attached hydrogens (tertiary/aromatic N) is 4. The first kappa shape index (κ1) is 13.6. The van der Waals surface area contributed by atoms with Gasteiger partial charge in [-0.15, -0.1) is 0 Å². The molecule has 3 rings (SSSR count). The summed E-state index contributed by atoms with van der Waals surface area (Å²) in [7, 11) is 0. The Balaban J connectivity index is 1.68. The molecule has 3 heterocycles. The second kappa shape index (κ2) is 5.54. The standard InChI is InChI=1S/C13H19ClN6/c1-8-12(14)11(18-16-8)7-20-5-3-4-10(6-20)13-15-9(2)17-19-13/h10H,3-7H2,1-2H3,(H,16,18)(H,15,17,19). The lowest BCUT2D eigenvalue weighted by Crippen LogP contribution is -2.34. The molecular formula is C13H19ClN6. The number of halogens is 1. The maximum absolute atomic E-state index is 6.23. The van der Waals surface area contributed by atoms with Crippen molar-refractivity contribution in [2.75, 3.05) is 13.1 Å². The molecule has 1 unspecified atom stereocenters. The number of aromatic amines is 2. The third-order valence-corrected chi connectivity index (χ3v) is 4.30. The number of hydrogen-bond acceptors (Lipinski definition) is 4. The van der Waals surface area contributed by atoms with E-state index in [1.165, 1.54) is 0 Å². The first-order valence-corrected chi connectivity index (χ1v) is 7.32. The molecule has 7 heteroatoms. The van der Waals surface area contributed by atoms with Gasteiger partial charge >= 0.3 is 0 Å². The van der Waals surface area contributed by atoms with Crippen LogP contribution in [0.5, 0.6) is 0 Å². The lowest BCUT2D eigenvalue weighted by Gasteiger charge is -2.30. The summed E-state index contributed by atoms with van der Waals surface area (Å²) in [6.45, 7) is 6.68. The third kappa shape index (κ3) is 2.71. The highest BCUT2D eigenvalue weighted by Gasteiger charge is 2.25. The van der Waals surface area contributed by atoms with Gasteiger partial charge in [-0.1, -0.05) is 11.6 Å². The van der Waals surface area contributed by atoms with Crippen LogP contribution in [0.3, 0.4) is 0 Å². The molecule has 2 aromatic heterocycles. The van der Waals surface area contributed by atoms with Gasteiger partial charge in [-0.3, -0.25) is 15.1 Å². The number of piperidine rings is 1. The highest BCUT2D eigenvalue weighted by Crippen LogP contribution is 2.26. The fraction of sp³-hybridized carbons (Fsp3) is 0.615. The van der Waals surface area contributed by atoms with Crippen molar-refractivity contribution in [1.29, 1.82) is 0 Å². The molecule has 20 heavy (non-hydrogen) atoms. The van der Waals surface area contributed by atoms with Gasteiger partial charge in [0.2, 0.25) is 0 Å². The molecule has 0 aliphatic carbocycles. The van der Waals surface area contributed by atoms with Crippen LogP contribution in [0.25, 0.3) is 0 Å². The van der Waals surface area contributed by atoms with Gasteiger partial charge in [0, 0.05) is 19.0 Å². The molecule has 0 saturated carbocycles. The van der Waals surface area contributed by atoms with Crippen LogP contribution in [0.1, 0.15) is 41.8 Å². The minimum atomic E-state index is 0.396. The van der Waals surface area contributed by atoms with E-state index in [-0.39, 0.29) is 0 Å². The van der Waals surface area contributed by atoms with E-state index in [4.69, 9.17) is 11.6 Å². The Morgan fingerprint density at radius 1 is 1.30 bits per heavy atom. The van der Waals surface area contributed by atoms with Crippen LogP contribution < -0.4 is 0 Å². The maximum Gasteiger partial charge on any atom is 0.155 e. The van der Waals surface area contributed by atoms with Crippen molar-refractivity contribution in [3.05, 3.63) is 28.1 Å². The number of aryl methyl sites for hydroxylation is 2. The molecule has 0 radical (unpaired) electrons. The van der Waals surface area contributed by atoms with Crippen LogP contribution in [0, 0.1) is 13.8 Å². The van der Waals surface area contributed by atoms with E-state index in [0.29, 0.717) is 5.92 Å². The summed E-state index contributed by atoms with van der Waals surface area (Å²) in [5, 5.41) is 15.2. The molecule has 108 valence electrons. The molecule has 1 atom stereocenters. The van der Waals surface area contributed by atoms with Gasteiger partial charge in [0.05, 0.1) is 16.4 Å². The van der Waals surface area contributed by atoms with Crippen molar-refractivity contribution < 1.29 is 0 Å². The number of H-pyrrole nitrogens is 2. The van der Waals surface area contributed by atoms with Crippen molar-refractivity contribution in [2.24, 2.45) is 0 Å². The quantitative estimate of drug-likeness (QED) is 0.910. The molecule has 2 aromatic rings. The zero-order valence-corrected chi connectivity index (χ0v) is 12.5. The summed E-state index contributed by atoms with van der Waals surface area (Å²) < 4.78 is 0. The van der Waals surface area contributed by atoms with E-state index in [2.05, 4.69) is 30.3 Å². The van der Waals surface area contributed by atoms with Crippen LogP contribution in [0.4, 0.5) is 0 Å². The molecule has 1 aliphatic heterocycles.